The fourth-order valence-corrected chi connectivity index (χ4v) is 2.99. The van der Waals surface area contributed by atoms with Crippen molar-refractivity contribution in [2.45, 2.75) is 31.0 Å². The highest BCUT2D eigenvalue weighted by Gasteiger charge is 2.27. The zero-order valence-electron chi connectivity index (χ0n) is 17.0. The third kappa shape index (κ3) is 9.68. The van der Waals surface area contributed by atoms with E-state index in [9.17, 15) is 29.4 Å². The van der Waals surface area contributed by atoms with Gasteiger partial charge in [-0.15, -0.1) is 0 Å². The van der Waals surface area contributed by atoms with Crippen LogP contribution in [0.4, 0.5) is 0 Å². The fraction of sp³-hybridized carbons (Fsp3) is 0.474. The Hall–Kier alpha value is -2.83. The second-order valence-corrected chi connectivity index (χ2v) is 7.66. The summed E-state index contributed by atoms with van der Waals surface area (Å²) >= 11 is 1.43. The molecule has 1 rings (SSSR count). The molecule has 3 atom stereocenters. The molecule has 3 unspecified atom stereocenters. The van der Waals surface area contributed by atoms with Crippen molar-refractivity contribution in [2.75, 3.05) is 25.2 Å². The van der Waals surface area contributed by atoms with Crippen molar-refractivity contribution in [2.24, 2.45) is 5.73 Å². The molecular weight excluding hydrogens is 428 g/mol. The Labute approximate surface area is 183 Å². The van der Waals surface area contributed by atoms with E-state index in [4.69, 9.17) is 10.8 Å². The molecule has 3 amide bonds. The smallest absolute Gasteiger partial charge is 0.322 e. The molecule has 0 spiro atoms. The number of thioether (sulfide) groups is 1. The molecule has 0 aliphatic rings. The van der Waals surface area contributed by atoms with Gasteiger partial charge in [-0.25, -0.2) is 0 Å². The first-order valence-electron chi connectivity index (χ1n) is 9.41. The Morgan fingerprint density at radius 1 is 1.03 bits per heavy atom. The number of nitrogens with two attached hydrogens (primary N) is 1. The van der Waals surface area contributed by atoms with Gasteiger partial charge in [-0.3, -0.25) is 19.2 Å². The van der Waals surface area contributed by atoms with E-state index in [0.29, 0.717) is 11.3 Å². The van der Waals surface area contributed by atoms with Crippen molar-refractivity contribution >= 4 is 35.5 Å². The number of carbonyl (C=O) groups excluding carboxylic acids is 3. The van der Waals surface area contributed by atoms with E-state index in [2.05, 4.69) is 16.0 Å². The van der Waals surface area contributed by atoms with E-state index >= 15 is 0 Å². The van der Waals surface area contributed by atoms with Crippen molar-refractivity contribution < 1.29 is 34.5 Å². The lowest BCUT2D eigenvalue weighted by Gasteiger charge is -2.23. The molecule has 1 aromatic rings. The van der Waals surface area contributed by atoms with E-state index in [1.54, 1.807) is 18.4 Å². The molecule has 172 valence electrons. The molecule has 8 N–H and O–H groups in total. The van der Waals surface area contributed by atoms with Gasteiger partial charge in [0.15, 0.2) is 0 Å². The molecule has 0 radical (unpaired) electrons. The van der Waals surface area contributed by atoms with Gasteiger partial charge in [0.1, 0.15) is 24.4 Å². The van der Waals surface area contributed by atoms with Crippen molar-refractivity contribution in [1.29, 1.82) is 0 Å². The van der Waals surface area contributed by atoms with Gasteiger partial charge in [-0.2, -0.15) is 11.8 Å². The molecule has 0 fully saturated rings. The Balaban J connectivity index is 2.70. The summed E-state index contributed by atoms with van der Waals surface area (Å²) in [7, 11) is 0. The van der Waals surface area contributed by atoms with E-state index < -0.39 is 55.0 Å². The maximum absolute atomic E-state index is 12.5. The molecule has 0 heterocycles. The summed E-state index contributed by atoms with van der Waals surface area (Å²) in [6.07, 6.45) is 2.17. The van der Waals surface area contributed by atoms with Crippen LogP contribution in [0.5, 0.6) is 5.75 Å². The molecular formula is C19H28N4O7S. The zero-order chi connectivity index (χ0) is 23.4. The van der Waals surface area contributed by atoms with Crippen LogP contribution < -0.4 is 21.7 Å². The number of aliphatic hydroxyl groups is 1. The Kier molecular flexibility index (Phi) is 11.4. The largest absolute Gasteiger partial charge is 0.508 e. The molecule has 11 nitrogen and oxygen atoms in total. The van der Waals surface area contributed by atoms with Crippen molar-refractivity contribution in [3.8, 4) is 5.75 Å². The Morgan fingerprint density at radius 2 is 1.65 bits per heavy atom. The average molecular weight is 457 g/mol. The number of phenolic OH excluding ortho intramolecular Hbond substituents is 1. The topological polar surface area (TPSA) is 191 Å². The number of hydrogen-bond donors (Lipinski definition) is 7. The maximum Gasteiger partial charge on any atom is 0.322 e. The molecule has 31 heavy (non-hydrogen) atoms. The number of carboxylic acids is 1. The van der Waals surface area contributed by atoms with Gasteiger partial charge in [0.2, 0.25) is 17.7 Å². The quantitative estimate of drug-likeness (QED) is 0.179. The minimum absolute atomic E-state index is 0.0715. The van der Waals surface area contributed by atoms with E-state index in [1.807, 2.05) is 0 Å². The van der Waals surface area contributed by atoms with Crippen LogP contribution >= 0.6 is 11.8 Å². The van der Waals surface area contributed by atoms with Gasteiger partial charge in [0.25, 0.3) is 0 Å². The fourth-order valence-electron chi connectivity index (χ4n) is 2.51. The third-order valence-electron chi connectivity index (χ3n) is 4.20. The second kappa shape index (κ2) is 13.5. The first-order valence-corrected chi connectivity index (χ1v) is 10.8. The molecule has 12 heteroatoms. The third-order valence-corrected chi connectivity index (χ3v) is 4.85. The SMILES string of the molecule is CSCCC(NC(=O)C(CO)NC(=O)C(N)Cc1ccc(O)cc1)C(=O)NCC(=O)O. The number of aliphatic carboxylic acids is 1. The van der Waals surface area contributed by atoms with Crippen LogP contribution in [0.2, 0.25) is 0 Å². The van der Waals surface area contributed by atoms with Gasteiger partial charge in [-0.05, 0) is 42.5 Å². The average Bonchev–Trinajstić information content (AvgIpc) is 2.74. The number of aromatic hydroxyl groups is 1. The van der Waals surface area contributed by atoms with Crippen molar-refractivity contribution in [3.05, 3.63) is 29.8 Å². The molecule has 1 aromatic carbocycles. The number of phenols is 1. The molecule has 0 aliphatic carbocycles. The summed E-state index contributed by atoms with van der Waals surface area (Å²) in [6, 6.07) is 2.72. The summed E-state index contributed by atoms with van der Waals surface area (Å²) in [4.78, 5) is 47.6. The first kappa shape index (κ1) is 26.2. The number of hydrogen-bond acceptors (Lipinski definition) is 8. The summed E-state index contributed by atoms with van der Waals surface area (Å²) in [6.45, 7) is -1.33. The number of amides is 3. The molecule has 0 bridgehead atoms. The molecule has 0 saturated carbocycles. The number of benzene rings is 1. The van der Waals surface area contributed by atoms with Gasteiger partial charge in [0.05, 0.1) is 12.6 Å². The van der Waals surface area contributed by atoms with Crippen LogP contribution in [-0.2, 0) is 25.6 Å². The minimum atomic E-state index is -1.34. The Morgan fingerprint density at radius 3 is 2.19 bits per heavy atom. The predicted molar refractivity (Wildman–Crippen MR) is 114 cm³/mol. The lowest BCUT2D eigenvalue weighted by molar-refractivity contribution is -0.138. The monoisotopic (exact) mass is 456 g/mol. The number of carboxylic acid groups (broad SMARTS) is 1. The zero-order valence-corrected chi connectivity index (χ0v) is 17.9. The standard InChI is InChI=1S/C19H28N4O7S/c1-31-7-6-14(18(29)21-9-16(26)27)22-19(30)15(10-24)23-17(28)13(20)8-11-2-4-12(25)5-3-11/h2-5,13-15,24-25H,6-10,20H2,1H3,(H,21,29)(H,22,30)(H,23,28)(H,26,27). The molecule has 0 aromatic heterocycles. The Bertz CT molecular complexity index is 760. The van der Waals surface area contributed by atoms with Crippen molar-refractivity contribution in [1.82, 2.24) is 16.0 Å². The van der Waals surface area contributed by atoms with Crippen LogP contribution in [0.1, 0.15) is 12.0 Å². The van der Waals surface area contributed by atoms with Gasteiger partial charge in [-0.1, -0.05) is 12.1 Å². The minimum Gasteiger partial charge on any atom is -0.508 e. The van der Waals surface area contributed by atoms with Crippen LogP contribution in [-0.4, -0.2) is 82.3 Å². The first-order chi connectivity index (χ1) is 14.7. The maximum atomic E-state index is 12.5. The normalized spacial score (nSPS) is 13.5. The summed E-state index contributed by atoms with van der Waals surface area (Å²) in [5.74, 6) is -2.81. The van der Waals surface area contributed by atoms with Crippen LogP contribution in [0.15, 0.2) is 24.3 Å². The molecule has 0 saturated heterocycles. The highest BCUT2D eigenvalue weighted by atomic mass is 32.2. The van der Waals surface area contributed by atoms with Gasteiger partial charge >= 0.3 is 5.97 Å². The number of rotatable bonds is 13. The van der Waals surface area contributed by atoms with Crippen LogP contribution in [0, 0.1) is 0 Å². The predicted octanol–water partition coefficient (Wildman–Crippen LogP) is -1.82. The van der Waals surface area contributed by atoms with E-state index in [-0.39, 0.29) is 18.6 Å². The number of nitrogens with one attached hydrogen (secondary N) is 3. The summed E-state index contributed by atoms with van der Waals surface area (Å²) in [5, 5.41) is 34.5. The van der Waals surface area contributed by atoms with Gasteiger partial charge < -0.3 is 37.0 Å². The van der Waals surface area contributed by atoms with E-state index in [0.717, 1.165) is 0 Å². The van der Waals surface area contributed by atoms with Crippen LogP contribution in [0.3, 0.4) is 0 Å². The summed E-state index contributed by atoms with van der Waals surface area (Å²) < 4.78 is 0. The van der Waals surface area contributed by atoms with Crippen molar-refractivity contribution in [3.63, 3.8) is 0 Å². The summed E-state index contributed by atoms with van der Waals surface area (Å²) in [5.41, 5.74) is 6.56. The van der Waals surface area contributed by atoms with Crippen LogP contribution in [0.25, 0.3) is 0 Å². The second-order valence-electron chi connectivity index (χ2n) is 6.68. The van der Waals surface area contributed by atoms with Gasteiger partial charge in [0, 0.05) is 0 Å². The lowest BCUT2D eigenvalue weighted by atomic mass is 10.1. The number of aliphatic hydroxyl groups excluding tert-OH is 1. The highest BCUT2D eigenvalue weighted by molar-refractivity contribution is 7.98. The molecule has 0 aliphatic heterocycles. The highest BCUT2D eigenvalue weighted by Crippen LogP contribution is 2.11. The van der Waals surface area contributed by atoms with E-state index in [1.165, 1.54) is 23.9 Å². The lowest BCUT2D eigenvalue weighted by Crippen LogP contribution is -2.57. The number of carbonyl (C=O) groups is 4.